The summed E-state index contributed by atoms with van der Waals surface area (Å²) in [6.45, 7) is 1.44. The van der Waals surface area contributed by atoms with Gasteiger partial charge in [0.1, 0.15) is 20.4 Å². The Kier molecular flexibility index (Phi) is 49.7. The van der Waals surface area contributed by atoms with Gasteiger partial charge in [-0.25, -0.2) is 0 Å². The second kappa shape index (κ2) is 31.9. The van der Waals surface area contributed by atoms with Gasteiger partial charge in [-0.1, -0.05) is 61.8 Å². The predicted molar refractivity (Wildman–Crippen MR) is 91.3 cm³/mol. The molecule has 0 amide bonds. The van der Waals surface area contributed by atoms with Crippen molar-refractivity contribution in [2.24, 2.45) is 0 Å². The molecule has 2 N–H and O–H groups in total. The SMILES string of the molecule is C.C.C.C.C1CCCCOCOCCCC1.OCOCO. The van der Waals surface area contributed by atoms with E-state index in [4.69, 9.17) is 19.7 Å². The molecule has 1 fully saturated rings. The number of ether oxygens (including phenoxy) is 3. The molecule has 0 aromatic rings. The summed E-state index contributed by atoms with van der Waals surface area (Å²) in [5.41, 5.74) is 0. The molecule has 5 heteroatoms. The molecule has 1 heterocycles. The maximum Gasteiger partial charge on any atom is 0.146 e. The molecule has 0 radical (unpaired) electrons. The van der Waals surface area contributed by atoms with Crippen LogP contribution in [0.25, 0.3) is 0 Å². The molecule has 0 aromatic carbocycles. The number of hydrogen-bond donors (Lipinski definition) is 2. The van der Waals surface area contributed by atoms with E-state index >= 15 is 0 Å². The van der Waals surface area contributed by atoms with Gasteiger partial charge in [-0.2, -0.15) is 0 Å². The quantitative estimate of drug-likeness (QED) is 0.749. The third kappa shape index (κ3) is 32.9. The van der Waals surface area contributed by atoms with Crippen molar-refractivity contribution < 1.29 is 24.4 Å². The third-order valence-corrected chi connectivity index (χ3v) is 2.43. The number of hydrogen-bond acceptors (Lipinski definition) is 5. The van der Waals surface area contributed by atoms with E-state index in [9.17, 15) is 0 Å². The minimum atomic E-state index is -0.406. The lowest BCUT2D eigenvalue weighted by Gasteiger charge is -2.08. The molecule has 136 valence electrons. The van der Waals surface area contributed by atoms with E-state index in [2.05, 4.69) is 4.74 Å². The fourth-order valence-electron chi connectivity index (χ4n) is 1.51. The molecular weight excluding hydrogens is 272 g/mol. The Morgan fingerprint density at radius 3 is 1.24 bits per heavy atom. The number of rotatable bonds is 2. The fraction of sp³-hybridized carbons (Fsp3) is 1.00. The van der Waals surface area contributed by atoms with E-state index in [0.717, 1.165) is 13.2 Å². The first-order chi connectivity index (χ1) is 8.41. The van der Waals surface area contributed by atoms with Crippen molar-refractivity contribution in [3.05, 3.63) is 0 Å². The molecule has 0 spiro atoms. The van der Waals surface area contributed by atoms with Crippen LogP contribution in [0.2, 0.25) is 0 Å². The van der Waals surface area contributed by atoms with Gasteiger partial charge in [0.25, 0.3) is 0 Å². The van der Waals surface area contributed by atoms with Crippen LogP contribution in [0.15, 0.2) is 0 Å². The van der Waals surface area contributed by atoms with Crippen molar-refractivity contribution in [3.63, 3.8) is 0 Å². The van der Waals surface area contributed by atoms with Crippen LogP contribution in [-0.4, -0.2) is 43.8 Å². The highest BCUT2D eigenvalue weighted by molar-refractivity contribution is 4.46. The van der Waals surface area contributed by atoms with Crippen molar-refractivity contribution in [1.82, 2.24) is 0 Å². The monoisotopic (exact) mass is 314 g/mol. The van der Waals surface area contributed by atoms with E-state index in [1.807, 2.05) is 0 Å². The van der Waals surface area contributed by atoms with Crippen molar-refractivity contribution in [2.75, 3.05) is 33.6 Å². The minimum Gasteiger partial charge on any atom is -0.371 e. The number of aliphatic hydroxyl groups is 2. The van der Waals surface area contributed by atoms with E-state index in [1.165, 1.54) is 44.9 Å². The molecular formula is C16H42O5. The molecule has 21 heavy (non-hydrogen) atoms. The maximum atomic E-state index is 7.68. The summed E-state index contributed by atoms with van der Waals surface area (Å²) in [4.78, 5) is 0. The zero-order chi connectivity index (χ0) is 12.6. The minimum absolute atomic E-state index is 0. The van der Waals surface area contributed by atoms with Crippen LogP contribution in [0.1, 0.15) is 74.7 Å². The Balaban J connectivity index is -0.0000000844. The number of aliphatic hydroxyl groups excluding tert-OH is 2. The van der Waals surface area contributed by atoms with Crippen LogP contribution in [0.3, 0.4) is 0 Å². The first-order valence-corrected chi connectivity index (χ1v) is 6.36. The van der Waals surface area contributed by atoms with Gasteiger partial charge in [-0.05, 0) is 12.8 Å². The summed E-state index contributed by atoms with van der Waals surface area (Å²) < 4.78 is 14.5. The molecule has 0 saturated carbocycles. The summed E-state index contributed by atoms with van der Waals surface area (Å²) in [6.07, 6.45) is 9.18. The molecule has 1 aliphatic heterocycles. The summed E-state index contributed by atoms with van der Waals surface area (Å²) in [7, 11) is 0. The van der Waals surface area contributed by atoms with E-state index in [-0.39, 0.29) is 29.7 Å². The molecule has 1 rings (SSSR count). The third-order valence-electron chi connectivity index (χ3n) is 2.43. The van der Waals surface area contributed by atoms with Crippen LogP contribution < -0.4 is 0 Å². The van der Waals surface area contributed by atoms with Crippen molar-refractivity contribution in [3.8, 4) is 0 Å². The second-order valence-corrected chi connectivity index (χ2v) is 3.87. The van der Waals surface area contributed by atoms with Gasteiger partial charge in [0, 0.05) is 13.2 Å². The topological polar surface area (TPSA) is 68.2 Å². The standard InChI is InChI=1S/C10H20O2.C2H6O3.4CH4/c1-2-4-6-8-11-10-12-9-7-5-3-1;3-1-5-2-4;;;;/h1-10H2;3-4H,1-2H2;4*1H4. The van der Waals surface area contributed by atoms with Crippen molar-refractivity contribution in [2.45, 2.75) is 74.7 Å². The highest BCUT2D eigenvalue weighted by atomic mass is 16.7. The van der Waals surface area contributed by atoms with E-state index < -0.39 is 13.6 Å². The van der Waals surface area contributed by atoms with Crippen LogP contribution in [0, 0.1) is 0 Å². The molecule has 5 nitrogen and oxygen atoms in total. The average molecular weight is 315 g/mol. The fourth-order valence-corrected chi connectivity index (χ4v) is 1.51. The zero-order valence-corrected chi connectivity index (χ0v) is 10.6. The van der Waals surface area contributed by atoms with Crippen LogP contribution in [0.4, 0.5) is 0 Å². The van der Waals surface area contributed by atoms with Crippen LogP contribution in [-0.2, 0) is 14.2 Å². The highest BCUT2D eigenvalue weighted by Gasteiger charge is 1.95. The summed E-state index contributed by atoms with van der Waals surface area (Å²) in [5.74, 6) is 0. The molecule has 0 atom stereocenters. The van der Waals surface area contributed by atoms with Crippen molar-refractivity contribution in [1.29, 1.82) is 0 Å². The Morgan fingerprint density at radius 2 is 0.952 bits per heavy atom. The van der Waals surface area contributed by atoms with E-state index in [0.29, 0.717) is 6.79 Å². The Hall–Kier alpha value is -0.200. The van der Waals surface area contributed by atoms with Gasteiger partial charge in [0.2, 0.25) is 0 Å². The lowest BCUT2D eigenvalue weighted by molar-refractivity contribution is -0.0763. The highest BCUT2D eigenvalue weighted by Crippen LogP contribution is 2.08. The first-order valence-electron chi connectivity index (χ1n) is 6.36. The Morgan fingerprint density at radius 1 is 0.619 bits per heavy atom. The zero-order valence-electron chi connectivity index (χ0n) is 10.6. The van der Waals surface area contributed by atoms with Crippen LogP contribution in [0.5, 0.6) is 0 Å². The average Bonchev–Trinajstić information content (AvgIpc) is 2.31. The first kappa shape index (κ1) is 32.7. The predicted octanol–water partition coefficient (Wildman–Crippen LogP) is 4.17. The summed E-state index contributed by atoms with van der Waals surface area (Å²) in [5, 5.41) is 15.4. The molecule has 0 bridgehead atoms. The molecule has 1 saturated heterocycles. The largest absolute Gasteiger partial charge is 0.371 e. The second-order valence-electron chi connectivity index (χ2n) is 3.87. The summed E-state index contributed by atoms with van der Waals surface area (Å²) in [6, 6.07) is 0. The smallest absolute Gasteiger partial charge is 0.146 e. The van der Waals surface area contributed by atoms with Gasteiger partial charge in [0.05, 0.1) is 0 Å². The van der Waals surface area contributed by atoms with Crippen molar-refractivity contribution >= 4 is 0 Å². The maximum absolute atomic E-state index is 7.68. The van der Waals surface area contributed by atoms with Gasteiger partial charge in [0.15, 0.2) is 0 Å². The van der Waals surface area contributed by atoms with E-state index in [1.54, 1.807) is 0 Å². The van der Waals surface area contributed by atoms with Gasteiger partial charge >= 0.3 is 0 Å². The lowest BCUT2D eigenvalue weighted by atomic mass is 10.1. The molecule has 0 aliphatic carbocycles. The van der Waals surface area contributed by atoms with Gasteiger partial charge < -0.3 is 24.4 Å². The molecule has 0 aromatic heterocycles. The molecule has 0 unspecified atom stereocenters. The van der Waals surface area contributed by atoms with Gasteiger partial charge in [-0.15, -0.1) is 0 Å². The van der Waals surface area contributed by atoms with Crippen LogP contribution >= 0.6 is 0 Å². The Labute approximate surface area is 133 Å². The Bertz CT molecular complexity index is 88.8. The summed E-state index contributed by atoms with van der Waals surface area (Å²) >= 11 is 0. The molecule has 1 aliphatic rings. The van der Waals surface area contributed by atoms with Gasteiger partial charge in [-0.3, -0.25) is 0 Å². The lowest BCUT2D eigenvalue weighted by Crippen LogP contribution is -2.03. The normalized spacial score (nSPS) is 15.7.